The van der Waals surface area contributed by atoms with Gasteiger partial charge in [-0.2, -0.15) is 10.1 Å². The van der Waals surface area contributed by atoms with Gasteiger partial charge in [0.15, 0.2) is 5.69 Å². The summed E-state index contributed by atoms with van der Waals surface area (Å²) in [6, 6.07) is 17.4. The lowest BCUT2D eigenvalue weighted by molar-refractivity contribution is 0.0636. The number of ether oxygens (including phenoxy) is 1. The van der Waals surface area contributed by atoms with Gasteiger partial charge in [0.25, 0.3) is 5.89 Å². The monoisotopic (exact) mass is 445 g/mol. The first-order chi connectivity index (χ1) is 15.7. The van der Waals surface area contributed by atoms with E-state index in [1.165, 1.54) is 11.1 Å². The highest BCUT2D eigenvalue weighted by molar-refractivity contribution is 5.85. The summed E-state index contributed by atoms with van der Waals surface area (Å²) in [5, 5.41) is 11.4. The van der Waals surface area contributed by atoms with Gasteiger partial charge < -0.3 is 9.26 Å². The summed E-state index contributed by atoms with van der Waals surface area (Å²) in [4.78, 5) is 16.4. The molecule has 8 nitrogen and oxygen atoms in total. The Morgan fingerprint density at radius 2 is 1.76 bits per heavy atom. The van der Waals surface area contributed by atoms with Crippen molar-refractivity contribution in [2.75, 3.05) is 5.32 Å². The average Bonchev–Trinajstić information content (AvgIpc) is 3.36. The molecule has 2 aromatic carbocycles. The van der Waals surface area contributed by atoms with Crippen LogP contribution in [0.15, 0.2) is 59.1 Å². The molecule has 2 heterocycles. The van der Waals surface area contributed by atoms with Crippen LogP contribution in [0.3, 0.4) is 0 Å². The highest BCUT2D eigenvalue weighted by Gasteiger charge is 2.17. The van der Waals surface area contributed by atoms with Crippen LogP contribution in [-0.2, 0) is 11.3 Å². The van der Waals surface area contributed by atoms with Crippen molar-refractivity contribution in [3.8, 4) is 23.0 Å². The molecular formula is C25H27N5O3. The van der Waals surface area contributed by atoms with Crippen molar-refractivity contribution in [2.24, 2.45) is 0 Å². The van der Waals surface area contributed by atoms with Crippen LogP contribution in [-0.4, -0.2) is 31.6 Å². The standard InChI is InChI=1S/C25H27N5O3/c1-16-6-8-18(9-7-16)15-30-17(2)14-21(28-30)23-27-22(29-33-23)19-10-12-20(13-11-19)26-24(31)32-25(3,4)5/h6-14H,15H2,1-5H3,(H,26,31). The van der Waals surface area contributed by atoms with Crippen molar-refractivity contribution in [1.82, 2.24) is 19.9 Å². The molecule has 0 atom stereocenters. The predicted molar refractivity (Wildman–Crippen MR) is 126 cm³/mol. The number of carbonyl (C=O) groups excluding carboxylic acids is 1. The van der Waals surface area contributed by atoms with Gasteiger partial charge in [-0.25, -0.2) is 4.79 Å². The Balaban J connectivity index is 1.46. The fraction of sp³-hybridized carbons (Fsp3) is 0.280. The van der Waals surface area contributed by atoms with E-state index in [4.69, 9.17) is 9.26 Å². The Kier molecular flexibility index (Phi) is 6.00. The molecule has 0 aliphatic heterocycles. The SMILES string of the molecule is Cc1ccc(Cn2nc(-c3nc(-c4ccc(NC(=O)OC(C)(C)C)cc4)no3)cc2C)cc1. The maximum atomic E-state index is 11.9. The number of anilines is 1. The van der Waals surface area contributed by atoms with Crippen molar-refractivity contribution in [3.05, 3.63) is 71.4 Å². The molecule has 0 bridgehead atoms. The number of nitrogens with zero attached hydrogens (tertiary/aromatic N) is 4. The van der Waals surface area contributed by atoms with Gasteiger partial charge in [-0.3, -0.25) is 10.00 Å². The summed E-state index contributed by atoms with van der Waals surface area (Å²) in [5.74, 6) is 0.797. The lowest BCUT2D eigenvalue weighted by Crippen LogP contribution is -2.27. The van der Waals surface area contributed by atoms with Crippen LogP contribution in [0.1, 0.15) is 37.6 Å². The normalized spacial score (nSPS) is 11.4. The first-order valence-corrected chi connectivity index (χ1v) is 10.7. The third-order valence-electron chi connectivity index (χ3n) is 4.87. The molecule has 170 valence electrons. The second-order valence-corrected chi connectivity index (χ2v) is 8.94. The zero-order valence-corrected chi connectivity index (χ0v) is 19.4. The number of hydrogen-bond acceptors (Lipinski definition) is 6. The molecule has 0 unspecified atom stereocenters. The Labute approximate surface area is 192 Å². The maximum absolute atomic E-state index is 11.9. The van der Waals surface area contributed by atoms with Gasteiger partial charge in [0, 0.05) is 16.9 Å². The number of aryl methyl sites for hydroxylation is 2. The Hall–Kier alpha value is -3.94. The van der Waals surface area contributed by atoms with E-state index in [2.05, 4.69) is 51.7 Å². The molecule has 1 N–H and O–H groups in total. The Bertz CT molecular complexity index is 1250. The van der Waals surface area contributed by atoms with Crippen LogP contribution in [0.4, 0.5) is 10.5 Å². The minimum absolute atomic E-state index is 0.353. The van der Waals surface area contributed by atoms with E-state index in [1.54, 1.807) is 12.1 Å². The molecule has 0 fully saturated rings. The third kappa shape index (κ3) is 5.65. The summed E-state index contributed by atoms with van der Waals surface area (Å²) in [6.45, 7) is 10.2. The number of rotatable bonds is 5. The molecule has 0 spiro atoms. The second kappa shape index (κ2) is 8.90. The Morgan fingerprint density at radius 1 is 1.06 bits per heavy atom. The number of nitrogens with one attached hydrogen (secondary N) is 1. The second-order valence-electron chi connectivity index (χ2n) is 8.94. The number of amides is 1. The van der Waals surface area contributed by atoms with E-state index < -0.39 is 11.7 Å². The smallest absolute Gasteiger partial charge is 0.412 e. The van der Waals surface area contributed by atoms with E-state index in [9.17, 15) is 4.79 Å². The summed E-state index contributed by atoms with van der Waals surface area (Å²) >= 11 is 0. The molecule has 8 heteroatoms. The lowest BCUT2D eigenvalue weighted by Gasteiger charge is -2.19. The van der Waals surface area contributed by atoms with Crippen LogP contribution >= 0.6 is 0 Å². The molecule has 1 amide bonds. The first kappa shape index (κ1) is 22.3. The van der Waals surface area contributed by atoms with Crippen molar-refractivity contribution in [3.63, 3.8) is 0 Å². The van der Waals surface area contributed by atoms with Crippen molar-refractivity contribution < 1.29 is 14.1 Å². The highest BCUT2D eigenvalue weighted by Crippen LogP contribution is 2.24. The molecule has 33 heavy (non-hydrogen) atoms. The summed E-state index contributed by atoms with van der Waals surface area (Å²) in [7, 11) is 0. The molecule has 0 aliphatic carbocycles. The quantitative estimate of drug-likeness (QED) is 0.429. The van der Waals surface area contributed by atoms with Crippen molar-refractivity contribution in [1.29, 1.82) is 0 Å². The van der Waals surface area contributed by atoms with E-state index in [1.807, 2.05) is 50.6 Å². The summed E-state index contributed by atoms with van der Waals surface area (Å²) < 4.78 is 12.6. The van der Waals surface area contributed by atoms with Gasteiger partial charge in [0.1, 0.15) is 5.60 Å². The minimum atomic E-state index is -0.559. The van der Waals surface area contributed by atoms with Gasteiger partial charge in [-0.1, -0.05) is 35.0 Å². The maximum Gasteiger partial charge on any atom is 0.412 e. The van der Waals surface area contributed by atoms with Crippen LogP contribution in [0.2, 0.25) is 0 Å². The van der Waals surface area contributed by atoms with Gasteiger partial charge in [0.05, 0.1) is 6.54 Å². The zero-order chi connectivity index (χ0) is 23.6. The third-order valence-corrected chi connectivity index (χ3v) is 4.87. The summed E-state index contributed by atoms with van der Waals surface area (Å²) in [6.07, 6.45) is -0.506. The average molecular weight is 446 g/mol. The van der Waals surface area contributed by atoms with Crippen molar-refractivity contribution >= 4 is 11.8 Å². The van der Waals surface area contributed by atoms with Crippen molar-refractivity contribution in [2.45, 2.75) is 46.8 Å². The van der Waals surface area contributed by atoms with Gasteiger partial charge in [-0.15, -0.1) is 0 Å². The Morgan fingerprint density at radius 3 is 2.42 bits per heavy atom. The summed E-state index contributed by atoms with van der Waals surface area (Å²) in [5.41, 5.74) is 4.84. The number of aromatic nitrogens is 4. The van der Waals surface area contributed by atoms with Gasteiger partial charge >= 0.3 is 6.09 Å². The van der Waals surface area contributed by atoms with Crippen LogP contribution in [0.5, 0.6) is 0 Å². The van der Waals surface area contributed by atoms with Crippen LogP contribution in [0.25, 0.3) is 23.0 Å². The topological polar surface area (TPSA) is 95.1 Å². The molecule has 0 aliphatic rings. The molecule has 0 radical (unpaired) electrons. The number of carbonyl (C=O) groups is 1. The predicted octanol–water partition coefficient (Wildman–Crippen LogP) is 5.61. The van der Waals surface area contributed by atoms with E-state index in [-0.39, 0.29) is 0 Å². The first-order valence-electron chi connectivity index (χ1n) is 10.7. The van der Waals surface area contributed by atoms with Crippen LogP contribution < -0.4 is 5.32 Å². The van der Waals surface area contributed by atoms with Crippen LogP contribution in [0, 0.1) is 13.8 Å². The zero-order valence-electron chi connectivity index (χ0n) is 19.4. The molecule has 0 saturated heterocycles. The van der Waals surface area contributed by atoms with E-state index >= 15 is 0 Å². The minimum Gasteiger partial charge on any atom is -0.444 e. The molecular weight excluding hydrogens is 418 g/mol. The van der Waals surface area contributed by atoms with Gasteiger partial charge in [-0.05, 0) is 70.5 Å². The number of benzene rings is 2. The highest BCUT2D eigenvalue weighted by atomic mass is 16.6. The number of hydrogen-bond donors (Lipinski definition) is 1. The molecule has 2 aromatic heterocycles. The molecule has 0 saturated carbocycles. The van der Waals surface area contributed by atoms with E-state index in [0.717, 1.165) is 11.3 Å². The molecule has 4 aromatic rings. The van der Waals surface area contributed by atoms with E-state index in [0.29, 0.717) is 29.6 Å². The lowest BCUT2D eigenvalue weighted by atomic mass is 10.1. The van der Waals surface area contributed by atoms with Gasteiger partial charge in [0.2, 0.25) is 5.82 Å². The molecule has 4 rings (SSSR count). The largest absolute Gasteiger partial charge is 0.444 e. The fourth-order valence-corrected chi connectivity index (χ4v) is 3.21. The fourth-order valence-electron chi connectivity index (χ4n) is 3.21.